The van der Waals surface area contributed by atoms with Crippen molar-refractivity contribution in [2.45, 2.75) is 46.1 Å². The smallest absolute Gasteiger partial charge is 0.270 e. The van der Waals surface area contributed by atoms with E-state index in [0.717, 1.165) is 69.0 Å². The zero-order valence-corrected chi connectivity index (χ0v) is 16.8. The van der Waals surface area contributed by atoms with Crippen LogP contribution in [0.3, 0.4) is 0 Å². The molecular weight excluding hydrogens is 338 g/mol. The molecule has 2 aliphatic rings. The van der Waals surface area contributed by atoms with E-state index in [9.17, 15) is 4.79 Å². The van der Waals surface area contributed by atoms with Crippen LogP contribution >= 0.6 is 0 Å². The van der Waals surface area contributed by atoms with Gasteiger partial charge in [-0.05, 0) is 57.2 Å². The van der Waals surface area contributed by atoms with Crippen molar-refractivity contribution in [3.05, 3.63) is 34.5 Å². The van der Waals surface area contributed by atoms with Gasteiger partial charge < -0.3 is 14.6 Å². The van der Waals surface area contributed by atoms with Crippen LogP contribution in [-0.4, -0.2) is 66.1 Å². The molecule has 0 radical (unpaired) electrons. The summed E-state index contributed by atoms with van der Waals surface area (Å²) in [6.45, 7) is 11.7. The average Bonchev–Trinajstić information content (AvgIpc) is 3.00. The van der Waals surface area contributed by atoms with E-state index in [1.165, 1.54) is 22.9 Å². The highest BCUT2D eigenvalue weighted by Gasteiger charge is 2.31. The van der Waals surface area contributed by atoms with E-state index >= 15 is 0 Å². The number of aromatic amines is 1. The molecule has 1 aromatic heterocycles. The molecule has 1 N–H and O–H groups in total. The van der Waals surface area contributed by atoms with Gasteiger partial charge in [-0.1, -0.05) is 11.6 Å². The molecule has 2 aromatic rings. The Morgan fingerprint density at radius 3 is 2.70 bits per heavy atom. The predicted octanol–water partition coefficient (Wildman–Crippen LogP) is 3.42. The number of piperidine rings is 1. The summed E-state index contributed by atoms with van der Waals surface area (Å²) in [5.74, 6) is 0.165. The van der Waals surface area contributed by atoms with E-state index in [0.29, 0.717) is 6.04 Å². The molecule has 0 spiro atoms. The van der Waals surface area contributed by atoms with Gasteiger partial charge >= 0.3 is 0 Å². The normalized spacial score (nSPS) is 21.7. The second-order valence-corrected chi connectivity index (χ2v) is 8.19. The first-order chi connectivity index (χ1) is 13.0. The molecule has 0 unspecified atom stereocenters. The maximum atomic E-state index is 13.5. The summed E-state index contributed by atoms with van der Waals surface area (Å²) in [6, 6.07) is 4.67. The fourth-order valence-electron chi connectivity index (χ4n) is 4.68. The molecule has 2 fully saturated rings. The Morgan fingerprint density at radius 2 is 1.93 bits per heavy atom. The Labute approximate surface area is 161 Å². The van der Waals surface area contributed by atoms with Gasteiger partial charge in [-0.25, -0.2) is 0 Å². The number of likely N-dealkylation sites (tertiary alicyclic amines) is 1. The van der Waals surface area contributed by atoms with Crippen molar-refractivity contribution in [2.75, 3.05) is 39.4 Å². The topological polar surface area (TPSA) is 48.6 Å². The summed E-state index contributed by atoms with van der Waals surface area (Å²) in [6.07, 6.45) is 3.41. The second-order valence-electron chi connectivity index (χ2n) is 8.19. The zero-order chi connectivity index (χ0) is 19.0. The molecule has 0 saturated carbocycles. The number of morpholine rings is 1. The number of fused-ring (bicyclic) bond motifs is 1. The van der Waals surface area contributed by atoms with Crippen molar-refractivity contribution in [2.24, 2.45) is 0 Å². The SMILES string of the molecule is Cc1cc(C)c2[nH]c(C(=O)N3CCCC[C@H]3CN3CCOCC3)c(C)c2c1. The van der Waals surface area contributed by atoms with Crippen LogP contribution in [0.4, 0.5) is 0 Å². The number of hydrogen-bond acceptors (Lipinski definition) is 3. The number of nitrogens with zero attached hydrogens (tertiary/aromatic N) is 2. The molecule has 5 nitrogen and oxygen atoms in total. The third kappa shape index (κ3) is 3.63. The van der Waals surface area contributed by atoms with E-state index in [1.807, 2.05) is 0 Å². The molecule has 2 aliphatic heterocycles. The molecule has 27 heavy (non-hydrogen) atoms. The molecule has 1 atom stereocenters. The minimum absolute atomic E-state index is 0.165. The van der Waals surface area contributed by atoms with Crippen LogP contribution in [0.25, 0.3) is 10.9 Å². The summed E-state index contributed by atoms with van der Waals surface area (Å²) in [4.78, 5) is 21.5. The first-order valence-electron chi connectivity index (χ1n) is 10.2. The fourth-order valence-corrected chi connectivity index (χ4v) is 4.68. The lowest BCUT2D eigenvalue weighted by Gasteiger charge is -2.39. The molecule has 1 aromatic carbocycles. The number of ether oxygens (including phenoxy) is 1. The molecule has 5 heteroatoms. The van der Waals surface area contributed by atoms with Gasteiger partial charge in [-0.3, -0.25) is 9.69 Å². The highest BCUT2D eigenvalue weighted by Crippen LogP contribution is 2.28. The van der Waals surface area contributed by atoms with E-state index in [1.54, 1.807) is 0 Å². The number of carbonyl (C=O) groups excluding carboxylic acids is 1. The lowest BCUT2D eigenvalue weighted by Crippen LogP contribution is -2.51. The number of benzene rings is 1. The Morgan fingerprint density at radius 1 is 1.15 bits per heavy atom. The summed E-state index contributed by atoms with van der Waals surface area (Å²) in [5.41, 5.74) is 5.40. The van der Waals surface area contributed by atoms with Crippen molar-refractivity contribution < 1.29 is 9.53 Å². The molecule has 1 amide bonds. The third-order valence-corrected chi connectivity index (χ3v) is 6.18. The molecule has 0 aliphatic carbocycles. The van der Waals surface area contributed by atoms with Crippen LogP contribution in [0.15, 0.2) is 12.1 Å². The van der Waals surface area contributed by atoms with Crippen molar-refractivity contribution >= 4 is 16.8 Å². The summed E-state index contributed by atoms with van der Waals surface area (Å²) >= 11 is 0. The largest absolute Gasteiger partial charge is 0.379 e. The van der Waals surface area contributed by atoms with Crippen LogP contribution in [0.1, 0.15) is 46.4 Å². The first-order valence-corrected chi connectivity index (χ1v) is 10.2. The van der Waals surface area contributed by atoms with Crippen LogP contribution in [0.5, 0.6) is 0 Å². The average molecular weight is 370 g/mol. The van der Waals surface area contributed by atoms with Crippen LogP contribution in [0, 0.1) is 20.8 Å². The minimum Gasteiger partial charge on any atom is -0.379 e. The standard InChI is InChI=1S/C22H31N3O2/c1-15-12-16(2)20-19(13-15)17(3)21(23-20)22(26)25-7-5-4-6-18(25)14-24-8-10-27-11-9-24/h12-13,18,23H,4-11,14H2,1-3H3/t18-/m0/s1. The number of amides is 1. The van der Waals surface area contributed by atoms with Crippen LogP contribution in [0.2, 0.25) is 0 Å². The van der Waals surface area contributed by atoms with Gasteiger partial charge in [0, 0.05) is 43.1 Å². The Bertz CT molecular complexity index is 836. The highest BCUT2D eigenvalue weighted by molar-refractivity contribution is 6.02. The van der Waals surface area contributed by atoms with E-state index in [-0.39, 0.29) is 5.91 Å². The highest BCUT2D eigenvalue weighted by atomic mass is 16.5. The van der Waals surface area contributed by atoms with Gasteiger partial charge in [0.2, 0.25) is 0 Å². The zero-order valence-electron chi connectivity index (χ0n) is 16.8. The fraction of sp³-hybridized carbons (Fsp3) is 0.591. The summed E-state index contributed by atoms with van der Waals surface area (Å²) in [7, 11) is 0. The number of rotatable bonds is 3. The number of carbonyl (C=O) groups is 1. The Kier molecular flexibility index (Phi) is 5.24. The van der Waals surface area contributed by atoms with Gasteiger partial charge in [-0.15, -0.1) is 0 Å². The van der Waals surface area contributed by atoms with Gasteiger partial charge in [0.15, 0.2) is 0 Å². The van der Waals surface area contributed by atoms with Crippen LogP contribution < -0.4 is 0 Å². The molecule has 3 heterocycles. The summed E-state index contributed by atoms with van der Waals surface area (Å²) in [5, 5.41) is 1.18. The third-order valence-electron chi connectivity index (χ3n) is 6.18. The molecule has 0 bridgehead atoms. The van der Waals surface area contributed by atoms with Gasteiger partial charge in [-0.2, -0.15) is 0 Å². The van der Waals surface area contributed by atoms with Crippen molar-refractivity contribution in [1.82, 2.24) is 14.8 Å². The lowest BCUT2D eigenvalue weighted by molar-refractivity contribution is 0.0164. The number of hydrogen-bond donors (Lipinski definition) is 1. The number of aryl methyl sites for hydroxylation is 3. The lowest BCUT2D eigenvalue weighted by atomic mass is 10.00. The Balaban J connectivity index is 1.61. The monoisotopic (exact) mass is 369 g/mol. The first kappa shape index (κ1) is 18.5. The second kappa shape index (κ2) is 7.64. The van der Waals surface area contributed by atoms with Crippen molar-refractivity contribution in [3.8, 4) is 0 Å². The van der Waals surface area contributed by atoms with Crippen molar-refractivity contribution in [3.63, 3.8) is 0 Å². The molecular formula is C22H31N3O2. The van der Waals surface area contributed by atoms with Crippen molar-refractivity contribution in [1.29, 1.82) is 0 Å². The van der Waals surface area contributed by atoms with Gasteiger partial charge in [0.1, 0.15) is 5.69 Å². The molecule has 2 saturated heterocycles. The maximum Gasteiger partial charge on any atom is 0.270 e. The van der Waals surface area contributed by atoms with Crippen LogP contribution in [-0.2, 0) is 4.74 Å². The molecule has 146 valence electrons. The quantitative estimate of drug-likeness (QED) is 0.902. The number of nitrogens with one attached hydrogen (secondary N) is 1. The molecule has 4 rings (SSSR count). The van der Waals surface area contributed by atoms with Gasteiger partial charge in [0.25, 0.3) is 5.91 Å². The van der Waals surface area contributed by atoms with Gasteiger partial charge in [0.05, 0.1) is 13.2 Å². The Hall–Kier alpha value is -1.85. The minimum atomic E-state index is 0.165. The van der Waals surface area contributed by atoms with E-state index in [4.69, 9.17) is 4.74 Å². The summed E-state index contributed by atoms with van der Waals surface area (Å²) < 4.78 is 5.48. The maximum absolute atomic E-state index is 13.5. The number of H-pyrrole nitrogens is 1. The van der Waals surface area contributed by atoms with E-state index < -0.39 is 0 Å². The predicted molar refractivity (Wildman–Crippen MR) is 108 cm³/mol. The van der Waals surface area contributed by atoms with E-state index in [2.05, 4.69) is 47.7 Å². The number of aromatic nitrogens is 1.